The van der Waals surface area contributed by atoms with Gasteiger partial charge in [0.05, 0.1) is 17.7 Å². The van der Waals surface area contributed by atoms with Crippen molar-refractivity contribution in [2.24, 2.45) is 0 Å². The van der Waals surface area contributed by atoms with Gasteiger partial charge in [-0.1, -0.05) is 11.3 Å². The molecule has 0 amide bonds. The second-order valence-corrected chi connectivity index (χ2v) is 5.51. The highest BCUT2D eigenvalue weighted by molar-refractivity contribution is 7.17. The fourth-order valence-corrected chi connectivity index (χ4v) is 2.58. The van der Waals surface area contributed by atoms with Crippen LogP contribution in [0.5, 0.6) is 0 Å². The second-order valence-electron chi connectivity index (χ2n) is 4.48. The van der Waals surface area contributed by atoms with Crippen LogP contribution in [0, 0.1) is 0 Å². The first kappa shape index (κ1) is 15.3. The molecular weight excluding hydrogens is 288 g/mol. The van der Waals surface area contributed by atoms with Crippen LogP contribution in [0.15, 0.2) is 6.20 Å². The average molecular weight is 304 g/mol. The molecular formula is C11H16N2O6S. The van der Waals surface area contributed by atoms with Gasteiger partial charge in [-0.05, 0) is 0 Å². The van der Waals surface area contributed by atoms with E-state index in [1.54, 1.807) is 0 Å². The van der Waals surface area contributed by atoms with Crippen molar-refractivity contribution in [2.75, 3.05) is 11.9 Å². The highest BCUT2D eigenvalue weighted by Crippen LogP contribution is 2.25. The van der Waals surface area contributed by atoms with Crippen molar-refractivity contribution < 1.29 is 30.0 Å². The van der Waals surface area contributed by atoms with E-state index in [0.29, 0.717) is 10.0 Å². The number of hydrogen-bond donors (Lipinski definition) is 5. The lowest BCUT2D eigenvalue weighted by Gasteiger charge is -2.40. The molecule has 1 aromatic heterocycles. The SMILES string of the molecule is CC(=O)c1cnc(N[C@H]2OC(CO)[C@@H](O)C(O)[C@H]2O)s1. The van der Waals surface area contributed by atoms with Crippen LogP contribution < -0.4 is 5.32 Å². The highest BCUT2D eigenvalue weighted by Gasteiger charge is 2.43. The molecule has 0 spiro atoms. The Bertz CT molecular complexity index is 479. The van der Waals surface area contributed by atoms with Crippen molar-refractivity contribution >= 4 is 22.3 Å². The third-order valence-corrected chi connectivity index (χ3v) is 4.04. The van der Waals surface area contributed by atoms with Gasteiger partial charge in [0.1, 0.15) is 24.4 Å². The minimum Gasteiger partial charge on any atom is -0.394 e. The molecule has 0 aliphatic carbocycles. The summed E-state index contributed by atoms with van der Waals surface area (Å²) in [5, 5.41) is 41.2. The summed E-state index contributed by atoms with van der Waals surface area (Å²) < 4.78 is 5.26. The number of aromatic nitrogens is 1. The number of thiazole rings is 1. The van der Waals surface area contributed by atoms with Crippen molar-refractivity contribution in [1.82, 2.24) is 4.98 Å². The van der Waals surface area contributed by atoms with E-state index in [2.05, 4.69) is 10.3 Å². The summed E-state index contributed by atoms with van der Waals surface area (Å²) in [6.45, 7) is 0.908. The highest BCUT2D eigenvalue weighted by atomic mass is 32.1. The van der Waals surface area contributed by atoms with Gasteiger partial charge < -0.3 is 30.5 Å². The van der Waals surface area contributed by atoms with Gasteiger partial charge in [-0.25, -0.2) is 4.98 Å². The first-order valence-corrected chi connectivity index (χ1v) is 6.79. The molecule has 5 atom stereocenters. The Balaban J connectivity index is 2.08. The monoisotopic (exact) mass is 304 g/mol. The van der Waals surface area contributed by atoms with Crippen LogP contribution in [-0.4, -0.2) is 68.4 Å². The molecule has 5 N–H and O–H groups in total. The maximum absolute atomic E-state index is 11.2. The molecule has 8 nitrogen and oxygen atoms in total. The Labute approximate surface area is 118 Å². The lowest BCUT2D eigenvalue weighted by Crippen LogP contribution is -2.60. The molecule has 1 aliphatic rings. The predicted molar refractivity (Wildman–Crippen MR) is 69.5 cm³/mol. The van der Waals surface area contributed by atoms with Gasteiger partial charge >= 0.3 is 0 Å². The number of hydrogen-bond acceptors (Lipinski definition) is 9. The minimum atomic E-state index is -1.45. The molecule has 0 aromatic carbocycles. The Kier molecular flexibility index (Phi) is 4.68. The van der Waals surface area contributed by atoms with Crippen LogP contribution in [0.1, 0.15) is 16.6 Å². The third-order valence-electron chi connectivity index (χ3n) is 3.01. The van der Waals surface area contributed by atoms with Gasteiger partial charge in [0.2, 0.25) is 0 Å². The molecule has 0 saturated carbocycles. The second kappa shape index (κ2) is 6.12. The van der Waals surface area contributed by atoms with E-state index >= 15 is 0 Å². The molecule has 2 rings (SSSR count). The molecule has 112 valence electrons. The van der Waals surface area contributed by atoms with Gasteiger partial charge in [0.15, 0.2) is 17.1 Å². The van der Waals surface area contributed by atoms with E-state index in [1.165, 1.54) is 13.1 Å². The largest absolute Gasteiger partial charge is 0.394 e. The van der Waals surface area contributed by atoms with Crippen LogP contribution in [0.2, 0.25) is 0 Å². The number of carbonyl (C=O) groups is 1. The maximum atomic E-state index is 11.2. The van der Waals surface area contributed by atoms with E-state index in [-0.39, 0.29) is 5.78 Å². The summed E-state index contributed by atoms with van der Waals surface area (Å²) in [5.74, 6) is -0.135. The van der Waals surface area contributed by atoms with E-state index in [0.717, 1.165) is 11.3 Å². The van der Waals surface area contributed by atoms with E-state index in [1.807, 2.05) is 0 Å². The zero-order valence-corrected chi connectivity index (χ0v) is 11.4. The van der Waals surface area contributed by atoms with Crippen molar-refractivity contribution in [3.63, 3.8) is 0 Å². The fraction of sp³-hybridized carbons (Fsp3) is 0.636. The van der Waals surface area contributed by atoms with Gasteiger partial charge in [-0.3, -0.25) is 4.79 Å². The number of Topliss-reactive ketones (excluding diaryl/α,β-unsaturated/α-hetero) is 1. The number of nitrogens with one attached hydrogen (secondary N) is 1. The fourth-order valence-electron chi connectivity index (χ4n) is 1.85. The Morgan fingerprint density at radius 2 is 2.10 bits per heavy atom. The van der Waals surface area contributed by atoms with Crippen molar-refractivity contribution in [1.29, 1.82) is 0 Å². The number of nitrogens with zero attached hydrogens (tertiary/aromatic N) is 1. The summed E-state index contributed by atoms with van der Waals surface area (Å²) in [6, 6.07) is 0. The van der Waals surface area contributed by atoms with Gasteiger partial charge in [-0.2, -0.15) is 0 Å². The Morgan fingerprint density at radius 1 is 1.40 bits per heavy atom. The third kappa shape index (κ3) is 2.97. The molecule has 20 heavy (non-hydrogen) atoms. The Morgan fingerprint density at radius 3 is 2.65 bits per heavy atom. The summed E-state index contributed by atoms with van der Waals surface area (Å²) >= 11 is 1.08. The molecule has 0 radical (unpaired) electrons. The lowest BCUT2D eigenvalue weighted by molar-refractivity contribution is -0.221. The predicted octanol–water partition coefficient (Wildman–Crippen LogP) is -1.44. The quantitative estimate of drug-likeness (QED) is 0.427. The molecule has 1 aromatic rings. The number of rotatable bonds is 4. The zero-order chi connectivity index (χ0) is 14.9. The molecule has 2 unspecified atom stereocenters. The molecule has 9 heteroatoms. The van der Waals surface area contributed by atoms with Crippen molar-refractivity contribution in [3.05, 3.63) is 11.1 Å². The topological polar surface area (TPSA) is 132 Å². The number of ketones is 1. The van der Waals surface area contributed by atoms with Gasteiger partial charge in [0, 0.05) is 6.92 Å². The minimum absolute atomic E-state index is 0.135. The normalized spacial score (nSPS) is 34.0. The molecule has 0 bridgehead atoms. The van der Waals surface area contributed by atoms with Crippen molar-refractivity contribution in [3.8, 4) is 0 Å². The van der Waals surface area contributed by atoms with Crippen molar-refractivity contribution in [2.45, 2.75) is 37.6 Å². The summed E-state index contributed by atoms with van der Waals surface area (Å²) in [5.41, 5.74) is 0. The van der Waals surface area contributed by atoms with Crippen LogP contribution in [0.3, 0.4) is 0 Å². The van der Waals surface area contributed by atoms with E-state index in [4.69, 9.17) is 9.84 Å². The summed E-state index contributed by atoms with van der Waals surface area (Å²) in [6.07, 6.45) is -4.89. The van der Waals surface area contributed by atoms with Gasteiger partial charge in [0.25, 0.3) is 0 Å². The summed E-state index contributed by atoms with van der Waals surface area (Å²) in [7, 11) is 0. The molecule has 1 fully saturated rings. The number of aliphatic hydroxyl groups excluding tert-OH is 4. The maximum Gasteiger partial charge on any atom is 0.185 e. The van der Waals surface area contributed by atoms with Gasteiger partial charge in [-0.15, -0.1) is 0 Å². The number of carbonyl (C=O) groups excluding carboxylic acids is 1. The number of anilines is 1. The number of ether oxygens (including phenoxy) is 1. The van der Waals surface area contributed by atoms with Crippen LogP contribution in [0.25, 0.3) is 0 Å². The standard InChI is InChI=1S/C11H16N2O6S/c1-4(15)6-2-12-11(20-6)13-10-9(18)8(17)7(16)5(3-14)19-10/h2,5,7-10,14,16-18H,3H2,1H3,(H,12,13)/t5?,7-,8?,9-,10+/m1/s1. The average Bonchev–Trinajstić information content (AvgIpc) is 2.88. The smallest absolute Gasteiger partial charge is 0.185 e. The zero-order valence-electron chi connectivity index (χ0n) is 10.6. The molecule has 2 heterocycles. The Hall–Kier alpha value is -1.10. The van der Waals surface area contributed by atoms with Crippen LogP contribution >= 0.6 is 11.3 Å². The lowest BCUT2D eigenvalue weighted by atomic mass is 9.98. The first-order valence-electron chi connectivity index (χ1n) is 5.98. The van der Waals surface area contributed by atoms with Crippen LogP contribution in [0.4, 0.5) is 5.13 Å². The van der Waals surface area contributed by atoms with E-state index in [9.17, 15) is 20.1 Å². The number of aliphatic hydroxyl groups is 4. The first-order chi connectivity index (χ1) is 9.43. The molecule has 1 saturated heterocycles. The van der Waals surface area contributed by atoms with E-state index < -0.39 is 37.3 Å². The molecule has 1 aliphatic heterocycles. The summed E-state index contributed by atoms with van der Waals surface area (Å²) in [4.78, 5) is 15.6. The van der Waals surface area contributed by atoms with Crippen LogP contribution in [-0.2, 0) is 4.74 Å².